The summed E-state index contributed by atoms with van der Waals surface area (Å²) in [5.41, 5.74) is 8.18. The van der Waals surface area contributed by atoms with E-state index < -0.39 is 16.0 Å². The Labute approximate surface area is 125 Å². The van der Waals surface area contributed by atoms with Crippen molar-refractivity contribution in [1.82, 2.24) is 0 Å². The number of benzene rings is 2. The molecule has 2 atom stereocenters. The molecular formula is C16H16N2O2S. The molecule has 0 fully saturated rings. The smallest absolute Gasteiger partial charge is 0.240 e. The molecule has 0 spiro atoms. The fraction of sp³-hybridized carbons (Fsp3) is 0.188. The molecule has 5 heteroatoms. The number of nitrogen functional groups attached to an aromatic ring is 1. The number of carbonyl (C=O) groups is 1. The Hall–Kier alpha value is -2.14. The first-order chi connectivity index (χ1) is 10.1. The van der Waals surface area contributed by atoms with Crippen LogP contribution in [0.2, 0.25) is 0 Å². The molecule has 0 aromatic heterocycles. The Morgan fingerprint density at radius 3 is 2.76 bits per heavy atom. The topological polar surface area (TPSA) is 72.2 Å². The number of fused-ring (bicyclic) bond motifs is 1. The molecule has 2 unspecified atom stereocenters. The molecule has 3 rings (SSSR count). The minimum Gasteiger partial charge on any atom is -0.399 e. The van der Waals surface area contributed by atoms with Crippen LogP contribution in [0.3, 0.4) is 0 Å². The van der Waals surface area contributed by atoms with Gasteiger partial charge in [-0.05, 0) is 42.7 Å². The molecule has 0 saturated carbocycles. The van der Waals surface area contributed by atoms with Gasteiger partial charge in [-0.25, -0.2) is 0 Å². The van der Waals surface area contributed by atoms with Crippen LogP contribution < -0.4 is 11.1 Å². The van der Waals surface area contributed by atoms with Gasteiger partial charge in [-0.2, -0.15) is 0 Å². The predicted octanol–water partition coefficient (Wildman–Crippen LogP) is 2.33. The van der Waals surface area contributed by atoms with Gasteiger partial charge in [0.15, 0.2) is 0 Å². The minimum atomic E-state index is -1.40. The largest absolute Gasteiger partial charge is 0.399 e. The van der Waals surface area contributed by atoms with Gasteiger partial charge in [0, 0.05) is 16.3 Å². The van der Waals surface area contributed by atoms with E-state index in [2.05, 4.69) is 5.32 Å². The Morgan fingerprint density at radius 1 is 1.14 bits per heavy atom. The number of aryl methyl sites for hydroxylation is 1. The van der Waals surface area contributed by atoms with Crippen molar-refractivity contribution in [2.24, 2.45) is 0 Å². The van der Waals surface area contributed by atoms with Crippen molar-refractivity contribution in [3.05, 3.63) is 54.1 Å². The maximum Gasteiger partial charge on any atom is 0.240 e. The summed E-state index contributed by atoms with van der Waals surface area (Å²) in [6.45, 7) is 0. The van der Waals surface area contributed by atoms with Gasteiger partial charge in [-0.1, -0.05) is 24.3 Å². The number of rotatable bonds is 2. The Balaban J connectivity index is 1.87. The van der Waals surface area contributed by atoms with E-state index in [4.69, 9.17) is 5.73 Å². The van der Waals surface area contributed by atoms with Crippen LogP contribution in [0.1, 0.15) is 12.0 Å². The van der Waals surface area contributed by atoms with Crippen molar-refractivity contribution >= 4 is 28.1 Å². The van der Waals surface area contributed by atoms with E-state index in [-0.39, 0.29) is 5.91 Å². The molecule has 0 radical (unpaired) electrons. The van der Waals surface area contributed by atoms with Gasteiger partial charge in [0.2, 0.25) is 5.91 Å². The third kappa shape index (κ3) is 2.83. The standard InChI is InChI=1S/C16H16N2O2S/c17-12-5-3-6-13(10-12)21(20)15-9-8-11-4-1-2-7-14(11)18-16(15)19/h1-7,10,15H,8-9,17H2,(H,18,19). The maximum absolute atomic E-state index is 12.7. The molecule has 1 heterocycles. The number of para-hydroxylation sites is 1. The summed E-state index contributed by atoms with van der Waals surface area (Å²) in [4.78, 5) is 12.9. The van der Waals surface area contributed by atoms with Crippen molar-refractivity contribution in [3.8, 4) is 0 Å². The summed E-state index contributed by atoms with van der Waals surface area (Å²) < 4.78 is 12.7. The first kappa shape index (κ1) is 13.8. The van der Waals surface area contributed by atoms with E-state index >= 15 is 0 Å². The van der Waals surface area contributed by atoms with Gasteiger partial charge in [-0.15, -0.1) is 0 Å². The molecule has 1 aliphatic heterocycles. The van der Waals surface area contributed by atoms with Crippen molar-refractivity contribution in [3.63, 3.8) is 0 Å². The molecule has 2 aromatic carbocycles. The average molecular weight is 300 g/mol. The van der Waals surface area contributed by atoms with Crippen LogP contribution in [0, 0.1) is 0 Å². The van der Waals surface area contributed by atoms with E-state index in [0.717, 1.165) is 17.7 Å². The van der Waals surface area contributed by atoms with E-state index in [1.807, 2.05) is 24.3 Å². The predicted molar refractivity (Wildman–Crippen MR) is 84.4 cm³/mol. The lowest BCUT2D eigenvalue weighted by Crippen LogP contribution is -2.30. The molecule has 4 nitrogen and oxygen atoms in total. The van der Waals surface area contributed by atoms with Crippen molar-refractivity contribution in [2.75, 3.05) is 11.1 Å². The molecule has 1 amide bonds. The zero-order chi connectivity index (χ0) is 14.8. The Morgan fingerprint density at radius 2 is 1.95 bits per heavy atom. The molecule has 3 N–H and O–H groups in total. The second-order valence-corrected chi connectivity index (χ2v) is 6.68. The summed E-state index contributed by atoms with van der Waals surface area (Å²) in [6.07, 6.45) is 1.29. The van der Waals surface area contributed by atoms with Gasteiger partial charge < -0.3 is 11.1 Å². The van der Waals surface area contributed by atoms with Crippen LogP contribution >= 0.6 is 0 Å². The first-order valence-electron chi connectivity index (χ1n) is 6.80. The number of nitrogens with two attached hydrogens (primary N) is 1. The lowest BCUT2D eigenvalue weighted by Gasteiger charge is -2.13. The third-order valence-electron chi connectivity index (χ3n) is 3.59. The molecule has 108 valence electrons. The second-order valence-electron chi connectivity index (χ2n) is 5.04. The number of hydrogen-bond acceptors (Lipinski definition) is 3. The van der Waals surface area contributed by atoms with Crippen molar-refractivity contribution in [1.29, 1.82) is 0 Å². The molecule has 2 aromatic rings. The number of carbonyl (C=O) groups excluding carboxylic acids is 1. The van der Waals surface area contributed by atoms with Crippen LogP contribution in [0.15, 0.2) is 53.4 Å². The number of hydrogen-bond donors (Lipinski definition) is 2. The molecule has 0 aliphatic carbocycles. The monoisotopic (exact) mass is 300 g/mol. The first-order valence-corrected chi connectivity index (χ1v) is 8.01. The van der Waals surface area contributed by atoms with Gasteiger partial charge in [-0.3, -0.25) is 9.00 Å². The summed E-state index contributed by atoms with van der Waals surface area (Å²) in [7, 11) is -1.40. The van der Waals surface area contributed by atoms with Crippen LogP contribution in [-0.2, 0) is 22.0 Å². The van der Waals surface area contributed by atoms with E-state index in [0.29, 0.717) is 17.0 Å². The quantitative estimate of drug-likeness (QED) is 0.836. The van der Waals surface area contributed by atoms with Crippen molar-refractivity contribution < 1.29 is 9.00 Å². The van der Waals surface area contributed by atoms with Gasteiger partial charge in [0.1, 0.15) is 5.25 Å². The van der Waals surface area contributed by atoms with Gasteiger partial charge in [0.05, 0.1) is 10.8 Å². The maximum atomic E-state index is 12.7. The fourth-order valence-electron chi connectivity index (χ4n) is 2.50. The van der Waals surface area contributed by atoms with Crippen molar-refractivity contribution in [2.45, 2.75) is 23.0 Å². The molecule has 1 aliphatic rings. The summed E-state index contributed by atoms with van der Waals surface area (Å²) >= 11 is 0. The van der Waals surface area contributed by atoms with Gasteiger partial charge >= 0.3 is 0 Å². The Bertz CT molecular complexity index is 715. The average Bonchev–Trinajstić information content (AvgIpc) is 2.65. The zero-order valence-corrected chi connectivity index (χ0v) is 12.2. The minimum absolute atomic E-state index is 0.194. The lowest BCUT2D eigenvalue weighted by molar-refractivity contribution is -0.115. The number of anilines is 2. The van der Waals surface area contributed by atoms with E-state index in [1.165, 1.54) is 0 Å². The highest BCUT2D eigenvalue weighted by molar-refractivity contribution is 7.86. The number of amides is 1. The number of nitrogens with one attached hydrogen (secondary N) is 1. The van der Waals surface area contributed by atoms with Crippen LogP contribution in [-0.4, -0.2) is 15.4 Å². The highest BCUT2D eigenvalue weighted by Gasteiger charge is 2.29. The Kier molecular flexibility index (Phi) is 3.75. The van der Waals surface area contributed by atoms with Gasteiger partial charge in [0.25, 0.3) is 0 Å². The fourth-order valence-corrected chi connectivity index (χ4v) is 3.88. The normalized spacial score (nSPS) is 19.2. The zero-order valence-electron chi connectivity index (χ0n) is 11.4. The second kappa shape index (κ2) is 5.69. The molecule has 21 heavy (non-hydrogen) atoms. The lowest BCUT2D eigenvalue weighted by atomic mass is 10.1. The van der Waals surface area contributed by atoms with Crippen LogP contribution in [0.5, 0.6) is 0 Å². The van der Waals surface area contributed by atoms with E-state index in [1.54, 1.807) is 24.3 Å². The highest BCUT2D eigenvalue weighted by atomic mass is 32.2. The summed E-state index contributed by atoms with van der Waals surface area (Å²) in [6, 6.07) is 14.6. The highest BCUT2D eigenvalue weighted by Crippen LogP contribution is 2.26. The SMILES string of the molecule is Nc1cccc(S(=O)C2CCc3ccccc3NC2=O)c1. The summed E-state index contributed by atoms with van der Waals surface area (Å²) in [5, 5.41) is 2.32. The van der Waals surface area contributed by atoms with Crippen LogP contribution in [0.4, 0.5) is 11.4 Å². The molecular weight excluding hydrogens is 284 g/mol. The molecule has 0 saturated heterocycles. The molecule has 0 bridgehead atoms. The third-order valence-corrected chi connectivity index (χ3v) is 5.28. The van der Waals surface area contributed by atoms with E-state index in [9.17, 15) is 9.00 Å². The van der Waals surface area contributed by atoms with Crippen LogP contribution in [0.25, 0.3) is 0 Å². The summed E-state index contributed by atoms with van der Waals surface area (Å²) in [5.74, 6) is -0.194.